The van der Waals surface area contributed by atoms with Crippen molar-refractivity contribution >= 4 is 11.5 Å². The molecule has 0 atom stereocenters. The van der Waals surface area contributed by atoms with Crippen LogP contribution in [0.4, 0.5) is 0 Å². The number of methoxy groups -OCH3 is 1. The maximum absolute atomic E-state index is 12.4. The second kappa shape index (κ2) is 7.49. The van der Waals surface area contributed by atoms with Gasteiger partial charge in [-0.25, -0.2) is 0 Å². The number of nitrogens with zero attached hydrogens (tertiary/aromatic N) is 5. The molecule has 25 heavy (non-hydrogen) atoms. The molecule has 3 heterocycles. The predicted octanol–water partition coefficient (Wildman–Crippen LogP) is 1.37. The molecule has 0 aliphatic heterocycles. The van der Waals surface area contributed by atoms with Gasteiger partial charge in [-0.3, -0.25) is 9.78 Å². The number of ether oxygens (including phenoxy) is 1. The van der Waals surface area contributed by atoms with E-state index >= 15 is 0 Å². The fraction of sp³-hybridized carbons (Fsp3) is 0.188. The lowest BCUT2D eigenvalue weighted by atomic mass is 10.2. The molecule has 9 heteroatoms. The second-order valence-electron chi connectivity index (χ2n) is 5.27. The van der Waals surface area contributed by atoms with Crippen LogP contribution in [0.25, 0.3) is 5.76 Å². The highest BCUT2D eigenvalue weighted by molar-refractivity contribution is 6.07. The van der Waals surface area contributed by atoms with Crippen molar-refractivity contribution in [1.29, 1.82) is 0 Å². The van der Waals surface area contributed by atoms with Gasteiger partial charge in [0.15, 0.2) is 11.5 Å². The van der Waals surface area contributed by atoms with Gasteiger partial charge in [-0.2, -0.15) is 5.21 Å². The van der Waals surface area contributed by atoms with Crippen LogP contribution >= 0.6 is 0 Å². The number of carbonyl (C=O) groups is 1. The molecular weight excluding hydrogens is 324 g/mol. The van der Waals surface area contributed by atoms with Gasteiger partial charge < -0.3 is 14.4 Å². The standard InChI is InChI=1S/C16H16N6O3/c1-25-10-13-6-12(9-22(13)8-11-2-4-17-5-3-11)14(23)7-15(24)16-18-20-21-19-16/h2-7,9,24H,8,10H2,1H3,(H,18,19,20,21). The maximum Gasteiger partial charge on any atom is 0.239 e. The van der Waals surface area contributed by atoms with Crippen molar-refractivity contribution in [2.75, 3.05) is 7.11 Å². The summed E-state index contributed by atoms with van der Waals surface area (Å²) >= 11 is 0. The summed E-state index contributed by atoms with van der Waals surface area (Å²) in [6.07, 6.45) is 6.21. The zero-order chi connectivity index (χ0) is 17.6. The van der Waals surface area contributed by atoms with E-state index in [4.69, 9.17) is 4.74 Å². The van der Waals surface area contributed by atoms with Gasteiger partial charge in [-0.15, -0.1) is 10.2 Å². The molecule has 3 aromatic rings. The van der Waals surface area contributed by atoms with Crippen LogP contribution in [0.5, 0.6) is 0 Å². The zero-order valence-electron chi connectivity index (χ0n) is 13.5. The van der Waals surface area contributed by atoms with Crippen molar-refractivity contribution in [3.63, 3.8) is 0 Å². The van der Waals surface area contributed by atoms with Crippen LogP contribution in [0.3, 0.4) is 0 Å². The summed E-state index contributed by atoms with van der Waals surface area (Å²) in [5, 5.41) is 22.7. The molecular formula is C16H16N6O3. The molecule has 0 radical (unpaired) electrons. The minimum Gasteiger partial charge on any atom is -0.504 e. The van der Waals surface area contributed by atoms with E-state index < -0.39 is 0 Å². The number of nitrogens with one attached hydrogen (secondary N) is 1. The average Bonchev–Trinajstić information content (AvgIpc) is 3.27. The van der Waals surface area contributed by atoms with Gasteiger partial charge in [0.05, 0.1) is 6.61 Å². The van der Waals surface area contributed by atoms with E-state index in [-0.39, 0.29) is 17.4 Å². The highest BCUT2D eigenvalue weighted by Gasteiger charge is 2.14. The van der Waals surface area contributed by atoms with Gasteiger partial charge in [0.2, 0.25) is 5.82 Å². The van der Waals surface area contributed by atoms with Gasteiger partial charge in [0, 0.05) is 49.6 Å². The number of H-pyrrole nitrogens is 1. The maximum atomic E-state index is 12.4. The van der Waals surface area contributed by atoms with E-state index in [2.05, 4.69) is 25.6 Å². The van der Waals surface area contributed by atoms with Crippen LogP contribution in [0, 0.1) is 0 Å². The second-order valence-corrected chi connectivity index (χ2v) is 5.27. The fourth-order valence-corrected chi connectivity index (χ4v) is 2.33. The number of allylic oxidation sites excluding steroid dienone is 1. The van der Waals surface area contributed by atoms with Crippen LogP contribution in [-0.4, -0.2) is 48.2 Å². The molecule has 0 bridgehead atoms. The van der Waals surface area contributed by atoms with Crippen LogP contribution in [0.2, 0.25) is 0 Å². The topological polar surface area (TPSA) is 119 Å². The van der Waals surface area contributed by atoms with Crippen molar-refractivity contribution < 1.29 is 14.6 Å². The molecule has 0 amide bonds. The van der Waals surface area contributed by atoms with Gasteiger partial charge in [-0.05, 0) is 29.0 Å². The number of aromatic amines is 1. The Labute approximate surface area is 143 Å². The monoisotopic (exact) mass is 340 g/mol. The lowest BCUT2D eigenvalue weighted by Crippen LogP contribution is -2.04. The number of ketones is 1. The van der Waals surface area contributed by atoms with Crippen molar-refractivity contribution in [2.24, 2.45) is 0 Å². The zero-order valence-corrected chi connectivity index (χ0v) is 13.5. The summed E-state index contributed by atoms with van der Waals surface area (Å²) in [4.78, 5) is 16.4. The first-order chi connectivity index (χ1) is 12.2. The molecule has 3 rings (SSSR count). The molecule has 0 aliphatic rings. The number of aliphatic hydroxyl groups excluding tert-OH is 1. The summed E-state index contributed by atoms with van der Waals surface area (Å²) in [7, 11) is 1.59. The first-order valence-corrected chi connectivity index (χ1v) is 7.43. The first kappa shape index (κ1) is 16.5. The number of carbonyl (C=O) groups excluding carboxylic acids is 1. The number of aromatic nitrogens is 6. The number of hydrogen-bond donors (Lipinski definition) is 2. The van der Waals surface area contributed by atoms with Crippen molar-refractivity contribution in [2.45, 2.75) is 13.2 Å². The Morgan fingerprint density at radius 1 is 1.40 bits per heavy atom. The van der Waals surface area contributed by atoms with E-state index in [1.165, 1.54) is 0 Å². The van der Waals surface area contributed by atoms with E-state index in [0.717, 1.165) is 17.3 Å². The van der Waals surface area contributed by atoms with Gasteiger partial charge in [0.1, 0.15) is 0 Å². The Kier molecular flexibility index (Phi) is 4.95. The number of rotatable bonds is 7. The first-order valence-electron chi connectivity index (χ1n) is 7.43. The summed E-state index contributed by atoms with van der Waals surface area (Å²) in [6, 6.07) is 5.53. The molecule has 2 N–H and O–H groups in total. The number of aliphatic hydroxyl groups is 1. The summed E-state index contributed by atoms with van der Waals surface area (Å²) in [5.74, 6) is -0.760. The Morgan fingerprint density at radius 3 is 2.88 bits per heavy atom. The average molecular weight is 340 g/mol. The van der Waals surface area contributed by atoms with E-state index in [9.17, 15) is 9.90 Å². The molecule has 128 valence electrons. The van der Waals surface area contributed by atoms with Crippen LogP contribution < -0.4 is 0 Å². The Morgan fingerprint density at radius 2 is 2.20 bits per heavy atom. The van der Waals surface area contributed by atoms with E-state index in [1.807, 2.05) is 16.7 Å². The molecule has 0 saturated carbocycles. The molecule has 0 saturated heterocycles. The number of hydrogen-bond acceptors (Lipinski definition) is 7. The molecule has 0 fully saturated rings. The SMILES string of the molecule is COCc1cc(C(=O)C=C(O)c2nn[nH]n2)cn1Cc1ccncc1. The minimum atomic E-state index is -0.367. The lowest BCUT2D eigenvalue weighted by molar-refractivity contribution is 0.104. The fourth-order valence-electron chi connectivity index (χ4n) is 2.33. The Bertz CT molecular complexity index is 871. The molecule has 9 nitrogen and oxygen atoms in total. The summed E-state index contributed by atoms with van der Waals surface area (Å²) < 4.78 is 7.12. The van der Waals surface area contributed by atoms with Crippen molar-refractivity contribution in [3.8, 4) is 0 Å². The molecule has 0 aliphatic carbocycles. The van der Waals surface area contributed by atoms with Crippen LogP contribution in [0.15, 0.2) is 42.9 Å². The normalized spacial score (nSPS) is 11.6. The van der Waals surface area contributed by atoms with E-state index in [1.54, 1.807) is 31.8 Å². The smallest absolute Gasteiger partial charge is 0.239 e. The summed E-state index contributed by atoms with van der Waals surface area (Å²) in [5.41, 5.74) is 2.32. The van der Waals surface area contributed by atoms with Gasteiger partial charge in [0.25, 0.3) is 0 Å². The van der Waals surface area contributed by atoms with E-state index in [0.29, 0.717) is 18.7 Å². The predicted molar refractivity (Wildman–Crippen MR) is 87.6 cm³/mol. The molecule has 0 spiro atoms. The third kappa shape index (κ3) is 3.96. The van der Waals surface area contributed by atoms with Crippen LogP contribution in [0.1, 0.15) is 27.4 Å². The van der Waals surface area contributed by atoms with Gasteiger partial charge >= 0.3 is 0 Å². The van der Waals surface area contributed by atoms with Crippen molar-refractivity contribution in [3.05, 3.63) is 65.5 Å². The third-order valence-corrected chi connectivity index (χ3v) is 3.51. The minimum absolute atomic E-state index is 0.0401. The molecule has 0 aromatic carbocycles. The molecule has 0 unspecified atom stereocenters. The number of pyridine rings is 1. The quantitative estimate of drug-likeness (QED) is 0.379. The number of tetrazole rings is 1. The van der Waals surface area contributed by atoms with Crippen molar-refractivity contribution in [1.82, 2.24) is 30.2 Å². The Hall–Kier alpha value is -3.33. The highest BCUT2D eigenvalue weighted by atomic mass is 16.5. The van der Waals surface area contributed by atoms with Crippen LogP contribution in [-0.2, 0) is 17.9 Å². The van der Waals surface area contributed by atoms with Gasteiger partial charge in [-0.1, -0.05) is 0 Å². The highest BCUT2D eigenvalue weighted by Crippen LogP contribution is 2.15. The Balaban J connectivity index is 1.85. The lowest BCUT2D eigenvalue weighted by Gasteiger charge is -2.08. The largest absolute Gasteiger partial charge is 0.504 e. The summed E-state index contributed by atoms with van der Waals surface area (Å²) in [6.45, 7) is 0.938. The molecule has 3 aromatic heterocycles. The third-order valence-electron chi connectivity index (χ3n) is 3.51.